The summed E-state index contributed by atoms with van der Waals surface area (Å²) in [6.45, 7) is 1.27. The second-order valence-electron chi connectivity index (χ2n) is 5.58. The van der Waals surface area contributed by atoms with Crippen LogP contribution in [0.5, 0.6) is 5.75 Å². The molecule has 7 heteroatoms. The van der Waals surface area contributed by atoms with Gasteiger partial charge in [-0.3, -0.25) is 0 Å². The van der Waals surface area contributed by atoms with E-state index in [1.165, 1.54) is 13.2 Å². The van der Waals surface area contributed by atoms with E-state index in [2.05, 4.69) is 0 Å². The van der Waals surface area contributed by atoms with Crippen LogP contribution in [0.25, 0.3) is 0 Å². The Labute approximate surface area is 126 Å². The standard InChI is InChI=1S/C14H23N3O3S/c1-16(2)10-12-5-4-8-17(12)21(18,19)14-7-6-11(15)9-13(14)20-3/h6-7,9,12H,4-5,8,10,15H2,1-3H3. The first-order valence-electron chi connectivity index (χ1n) is 6.96. The molecule has 0 bridgehead atoms. The number of nitrogens with two attached hydrogens (primary N) is 1. The molecular formula is C14H23N3O3S. The van der Waals surface area contributed by atoms with E-state index in [4.69, 9.17) is 10.5 Å². The first-order chi connectivity index (χ1) is 9.86. The van der Waals surface area contributed by atoms with Crippen molar-refractivity contribution in [3.05, 3.63) is 18.2 Å². The molecule has 1 aromatic carbocycles. The number of methoxy groups -OCH3 is 1. The Bertz CT molecular complexity index is 601. The Balaban J connectivity index is 2.37. The highest BCUT2D eigenvalue weighted by molar-refractivity contribution is 7.89. The van der Waals surface area contributed by atoms with Crippen LogP contribution < -0.4 is 10.5 Å². The molecule has 0 aliphatic carbocycles. The maximum absolute atomic E-state index is 12.9. The van der Waals surface area contributed by atoms with Gasteiger partial charge < -0.3 is 15.4 Å². The number of nitrogens with zero attached hydrogens (tertiary/aromatic N) is 2. The Hall–Kier alpha value is -1.31. The minimum absolute atomic E-state index is 0.00672. The number of hydrogen-bond acceptors (Lipinski definition) is 5. The number of ether oxygens (including phenoxy) is 1. The fourth-order valence-electron chi connectivity index (χ4n) is 2.75. The molecule has 1 heterocycles. The maximum Gasteiger partial charge on any atom is 0.247 e. The molecule has 0 spiro atoms. The summed E-state index contributed by atoms with van der Waals surface area (Å²) in [4.78, 5) is 2.20. The molecule has 1 atom stereocenters. The fourth-order valence-corrected chi connectivity index (χ4v) is 4.58. The molecule has 6 nitrogen and oxygen atoms in total. The molecule has 1 aromatic rings. The zero-order valence-electron chi connectivity index (χ0n) is 12.7. The van der Waals surface area contributed by atoms with Gasteiger partial charge in [-0.2, -0.15) is 4.31 Å². The Morgan fingerprint density at radius 1 is 1.43 bits per heavy atom. The SMILES string of the molecule is COc1cc(N)ccc1S(=O)(=O)N1CCCC1CN(C)C. The maximum atomic E-state index is 12.9. The van der Waals surface area contributed by atoms with Crippen LogP contribution in [0.2, 0.25) is 0 Å². The van der Waals surface area contributed by atoms with Crippen LogP contribution in [-0.2, 0) is 10.0 Å². The van der Waals surface area contributed by atoms with Gasteiger partial charge in [-0.25, -0.2) is 8.42 Å². The number of likely N-dealkylation sites (N-methyl/N-ethyl adjacent to an activating group) is 1. The van der Waals surface area contributed by atoms with Gasteiger partial charge in [0.1, 0.15) is 10.6 Å². The lowest BCUT2D eigenvalue weighted by Crippen LogP contribution is -2.41. The molecule has 0 saturated carbocycles. The molecule has 0 aromatic heterocycles. The van der Waals surface area contributed by atoms with Gasteiger partial charge in [0.25, 0.3) is 0 Å². The summed E-state index contributed by atoms with van der Waals surface area (Å²) >= 11 is 0. The van der Waals surface area contributed by atoms with E-state index in [1.54, 1.807) is 16.4 Å². The van der Waals surface area contributed by atoms with Crippen LogP contribution in [-0.4, -0.2) is 58.0 Å². The molecule has 1 unspecified atom stereocenters. The smallest absolute Gasteiger partial charge is 0.247 e. The summed E-state index contributed by atoms with van der Waals surface area (Å²) in [6, 6.07) is 4.66. The van der Waals surface area contributed by atoms with Gasteiger partial charge in [-0.05, 0) is 39.1 Å². The number of benzene rings is 1. The van der Waals surface area contributed by atoms with Crippen LogP contribution in [0.3, 0.4) is 0 Å². The average molecular weight is 313 g/mol. The number of nitrogen functional groups attached to an aromatic ring is 1. The predicted octanol–water partition coefficient (Wildman–Crippen LogP) is 0.992. The van der Waals surface area contributed by atoms with Crippen LogP contribution in [0, 0.1) is 0 Å². The third-order valence-electron chi connectivity index (χ3n) is 3.67. The average Bonchev–Trinajstić information content (AvgIpc) is 2.86. The topological polar surface area (TPSA) is 75.9 Å². The second-order valence-corrected chi connectivity index (χ2v) is 7.44. The lowest BCUT2D eigenvalue weighted by Gasteiger charge is -2.27. The highest BCUT2D eigenvalue weighted by Crippen LogP contribution is 2.32. The number of sulfonamides is 1. The molecular weight excluding hydrogens is 290 g/mol. The summed E-state index contributed by atoms with van der Waals surface area (Å²) < 4.78 is 32.6. The van der Waals surface area contributed by atoms with Crippen molar-refractivity contribution < 1.29 is 13.2 Å². The number of anilines is 1. The molecule has 2 N–H and O–H groups in total. The van der Waals surface area contributed by atoms with Crippen molar-refractivity contribution in [2.75, 3.05) is 40.0 Å². The molecule has 21 heavy (non-hydrogen) atoms. The van der Waals surface area contributed by atoms with Crippen molar-refractivity contribution in [2.24, 2.45) is 0 Å². The molecule has 1 fully saturated rings. The van der Waals surface area contributed by atoms with Gasteiger partial charge in [-0.15, -0.1) is 0 Å². The summed E-state index contributed by atoms with van der Waals surface area (Å²) in [5.74, 6) is 0.297. The summed E-state index contributed by atoms with van der Waals surface area (Å²) in [6.07, 6.45) is 1.77. The van der Waals surface area contributed by atoms with Gasteiger partial charge in [-0.1, -0.05) is 0 Å². The zero-order valence-corrected chi connectivity index (χ0v) is 13.6. The Morgan fingerprint density at radius 3 is 2.76 bits per heavy atom. The summed E-state index contributed by atoms with van der Waals surface area (Å²) in [7, 11) is 1.79. The first kappa shape index (κ1) is 16.1. The number of rotatable bonds is 5. The van der Waals surface area contributed by atoms with Crippen LogP contribution in [0.4, 0.5) is 5.69 Å². The van der Waals surface area contributed by atoms with Gasteiger partial charge >= 0.3 is 0 Å². The molecule has 118 valence electrons. The van der Waals surface area contributed by atoms with Crippen LogP contribution in [0.1, 0.15) is 12.8 Å². The molecule has 0 amide bonds. The largest absolute Gasteiger partial charge is 0.495 e. The molecule has 2 rings (SSSR count). The lowest BCUT2D eigenvalue weighted by molar-refractivity contribution is 0.290. The van der Waals surface area contributed by atoms with Gasteiger partial charge in [0.05, 0.1) is 7.11 Å². The van der Waals surface area contributed by atoms with Gasteiger partial charge in [0.15, 0.2) is 0 Å². The molecule has 1 aliphatic heterocycles. The van der Waals surface area contributed by atoms with Crippen LogP contribution >= 0.6 is 0 Å². The van der Waals surface area contributed by atoms with Crippen molar-refractivity contribution in [1.29, 1.82) is 0 Å². The minimum Gasteiger partial charge on any atom is -0.495 e. The van der Waals surface area contributed by atoms with E-state index in [0.717, 1.165) is 19.4 Å². The highest BCUT2D eigenvalue weighted by atomic mass is 32.2. The van der Waals surface area contributed by atoms with E-state index >= 15 is 0 Å². The van der Waals surface area contributed by atoms with Crippen molar-refractivity contribution in [1.82, 2.24) is 9.21 Å². The monoisotopic (exact) mass is 313 g/mol. The quantitative estimate of drug-likeness (QED) is 0.821. The summed E-state index contributed by atoms with van der Waals surface area (Å²) in [5, 5.41) is 0. The fraction of sp³-hybridized carbons (Fsp3) is 0.571. The predicted molar refractivity (Wildman–Crippen MR) is 82.9 cm³/mol. The molecule has 1 aliphatic rings. The van der Waals surface area contributed by atoms with Crippen molar-refractivity contribution in [2.45, 2.75) is 23.8 Å². The van der Waals surface area contributed by atoms with E-state index in [9.17, 15) is 8.42 Å². The van der Waals surface area contributed by atoms with Crippen molar-refractivity contribution in [3.8, 4) is 5.75 Å². The Kier molecular flexibility index (Phi) is 4.75. The van der Waals surface area contributed by atoms with Crippen LogP contribution in [0.15, 0.2) is 23.1 Å². The van der Waals surface area contributed by atoms with E-state index in [-0.39, 0.29) is 10.9 Å². The van der Waals surface area contributed by atoms with Crippen molar-refractivity contribution >= 4 is 15.7 Å². The van der Waals surface area contributed by atoms with Gasteiger partial charge in [0, 0.05) is 30.9 Å². The van der Waals surface area contributed by atoms with E-state index < -0.39 is 10.0 Å². The highest BCUT2D eigenvalue weighted by Gasteiger charge is 2.36. The third-order valence-corrected chi connectivity index (χ3v) is 5.66. The van der Waals surface area contributed by atoms with E-state index in [0.29, 0.717) is 18.0 Å². The normalized spacial score (nSPS) is 20.1. The minimum atomic E-state index is -3.57. The molecule has 1 saturated heterocycles. The number of hydrogen-bond donors (Lipinski definition) is 1. The summed E-state index contributed by atoms with van der Waals surface area (Å²) in [5.41, 5.74) is 6.18. The van der Waals surface area contributed by atoms with Crippen molar-refractivity contribution in [3.63, 3.8) is 0 Å². The second kappa shape index (κ2) is 6.21. The van der Waals surface area contributed by atoms with E-state index in [1.807, 2.05) is 19.0 Å². The molecule has 0 radical (unpaired) electrons. The first-order valence-corrected chi connectivity index (χ1v) is 8.40. The zero-order chi connectivity index (χ0) is 15.6. The third kappa shape index (κ3) is 3.30. The Morgan fingerprint density at radius 2 is 2.14 bits per heavy atom. The van der Waals surface area contributed by atoms with Gasteiger partial charge in [0.2, 0.25) is 10.0 Å². The lowest BCUT2D eigenvalue weighted by atomic mass is 10.2.